The Morgan fingerprint density at radius 3 is 2.71 bits per heavy atom. The Morgan fingerprint density at radius 2 is 2.06 bits per heavy atom. The van der Waals surface area contributed by atoms with Gasteiger partial charge in [-0.15, -0.1) is 4.99 Å². The summed E-state index contributed by atoms with van der Waals surface area (Å²) in [7, 11) is 0. The molecule has 0 bridgehead atoms. The number of esters is 1. The largest absolute Gasteiger partial charge is 0.481 e. The zero-order valence-electron chi connectivity index (χ0n) is 9.59. The van der Waals surface area contributed by atoms with Crippen LogP contribution in [-0.4, -0.2) is 48.4 Å². The van der Waals surface area contributed by atoms with Crippen molar-refractivity contribution in [3.8, 4) is 0 Å². The van der Waals surface area contributed by atoms with Crippen molar-refractivity contribution in [2.45, 2.75) is 25.7 Å². The standard InChI is InChI=1S/C10H17NO6/c12-9(13)3-1-2-4-10(14)15-7-5-11-6-8-16-17-11/h1-8H2,(H,12,13). The van der Waals surface area contributed by atoms with E-state index in [-0.39, 0.29) is 25.4 Å². The Hall–Kier alpha value is -1.18. The molecule has 0 spiro atoms. The molecule has 0 saturated carbocycles. The predicted molar refractivity (Wildman–Crippen MR) is 55.7 cm³/mol. The fourth-order valence-electron chi connectivity index (χ4n) is 1.32. The van der Waals surface area contributed by atoms with Gasteiger partial charge in [0.25, 0.3) is 0 Å². The molecule has 0 aromatic rings. The van der Waals surface area contributed by atoms with Crippen LogP contribution >= 0.6 is 0 Å². The second-order valence-corrected chi connectivity index (χ2v) is 3.65. The fraction of sp³-hybridized carbons (Fsp3) is 0.800. The maximum absolute atomic E-state index is 11.2. The number of hydrogen-bond donors (Lipinski definition) is 1. The molecule has 1 aliphatic rings. The summed E-state index contributed by atoms with van der Waals surface area (Å²) in [6, 6.07) is 0. The second-order valence-electron chi connectivity index (χ2n) is 3.65. The van der Waals surface area contributed by atoms with Gasteiger partial charge >= 0.3 is 11.9 Å². The van der Waals surface area contributed by atoms with Gasteiger partial charge in [0, 0.05) is 12.8 Å². The van der Waals surface area contributed by atoms with Crippen molar-refractivity contribution in [1.29, 1.82) is 0 Å². The average Bonchev–Trinajstić information content (AvgIpc) is 2.77. The fourth-order valence-corrected chi connectivity index (χ4v) is 1.32. The minimum atomic E-state index is -0.843. The molecule has 1 aliphatic heterocycles. The van der Waals surface area contributed by atoms with Crippen LogP contribution in [0.2, 0.25) is 0 Å². The van der Waals surface area contributed by atoms with Crippen molar-refractivity contribution in [2.24, 2.45) is 0 Å². The third-order valence-corrected chi connectivity index (χ3v) is 2.21. The lowest BCUT2D eigenvalue weighted by Crippen LogP contribution is -2.24. The average molecular weight is 247 g/mol. The lowest BCUT2D eigenvalue weighted by molar-refractivity contribution is -0.370. The van der Waals surface area contributed by atoms with E-state index < -0.39 is 5.97 Å². The van der Waals surface area contributed by atoms with Crippen LogP contribution < -0.4 is 0 Å². The van der Waals surface area contributed by atoms with Crippen LogP contribution in [0.3, 0.4) is 0 Å². The number of carboxylic acid groups (broad SMARTS) is 1. The van der Waals surface area contributed by atoms with Crippen LogP contribution in [0, 0.1) is 0 Å². The number of hydroxylamine groups is 2. The van der Waals surface area contributed by atoms with Gasteiger partial charge in [-0.1, -0.05) is 0 Å². The Kier molecular flexibility index (Phi) is 6.53. The monoisotopic (exact) mass is 247 g/mol. The third kappa shape index (κ3) is 6.88. The van der Waals surface area contributed by atoms with Crippen molar-refractivity contribution >= 4 is 11.9 Å². The maximum atomic E-state index is 11.2. The number of carbonyl (C=O) groups is 2. The van der Waals surface area contributed by atoms with E-state index in [1.807, 2.05) is 0 Å². The molecule has 1 fully saturated rings. The Bertz CT molecular complexity index is 251. The van der Waals surface area contributed by atoms with Gasteiger partial charge in [0.15, 0.2) is 0 Å². The van der Waals surface area contributed by atoms with Crippen molar-refractivity contribution in [3.05, 3.63) is 0 Å². The Labute approximate surface area is 99.1 Å². The predicted octanol–water partition coefficient (Wildman–Crippen LogP) is 0.353. The summed E-state index contributed by atoms with van der Waals surface area (Å²) < 4.78 is 4.95. The van der Waals surface area contributed by atoms with Crippen LogP contribution in [0.25, 0.3) is 0 Å². The second kappa shape index (κ2) is 7.99. The van der Waals surface area contributed by atoms with E-state index in [1.165, 1.54) is 0 Å². The van der Waals surface area contributed by atoms with Crippen molar-refractivity contribution < 1.29 is 29.3 Å². The van der Waals surface area contributed by atoms with Gasteiger partial charge < -0.3 is 9.84 Å². The molecular weight excluding hydrogens is 230 g/mol. The molecule has 98 valence electrons. The molecule has 0 aromatic carbocycles. The molecule has 7 nitrogen and oxygen atoms in total. The number of ether oxygens (including phenoxy) is 1. The summed E-state index contributed by atoms with van der Waals surface area (Å²) in [5.74, 6) is -1.15. The van der Waals surface area contributed by atoms with Crippen LogP contribution in [-0.2, 0) is 24.2 Å². The molecule has 1 N–H and O–H groups in total. The molecule has 1 rings (SSSR count). The number of hydrogen-bond acceptors (Lipinski definition) is 6. The molecule has 0 aromatic heterocycles. The van der Waals surface area contributed by atoms with Gasteiger partial charge in [-0.3, -0.25) is 9.59 Å². The number of aliphatic carboxylic acids is 1. The quantitative estimate of drug-likeness (QED) is 0.376. The Balaban J connectivity index is 1.91. The molecule has 17 heavy (non-hydrogen) atoms. The topological polar surface area (TPSA) is 85.3 Å². The number of unbranched alkanes of at least 4 members (excludes halogenated alkanes) is 1. The third-order valence-electron chi connectivity index (χ3n) is 2.21. The normalized spacial score (nSPS) is 16.0. The van der Waals surface area contributed by atoms with Crippen LogP contribution in [0.15, 0.2) is 0 Å². The van der Waals surface area contributed by atoms with Gasteiger partial charge in [0.1, 0.15) is 6.61 Å². The maximum Gasteiger partial charge on any atom is 0.305 e. The summed E-state index contributed by atoms with van der Waals surface area (Å²) in [5, 5.41) is 9.96. The minimum Gasteiger partial charge on any atom is -0.481 e. The van der Waals surface area contributed by atoms with E-state index in [0.717, 1.165) is 0 Å². The van der Waals surface area contributed by atoms with Crippen LogP contribution in [0.4, 0.5) is 0 Å². The molecule has 0 atom stereocenters. The molecule has 0 radical (unpaired) electrons. The summed E-state index contributed by atoms with van der Waals surface area (Å²) in [6.45, 7) is 1.90. The molecule has 0 amide bonds. The molecule has 0 unspecified atom stereocenters. The highest BCUT2D eigenvalue weighted by Crippen LogP contribution is 2.03. The summed E-state index contributed by atoms with van der Waals surface area (Å²) in [4.78, 5) is 30.8. The highest BCUT2D eigenvalue weighted by atomic mass is 17.3. The van der Waals surface area contributed by atoms with E-state index in [1.54, 1.807) is 5.06 Å². The first-order valence-corrected chi connectivity index (χ1v) is 5.60. The van der Waals surface area contributed by atoms with E-state index in [9.17, 15) is 9.59 Å². The lowest BCUT2D eigenvalue weighted by Gasteiger charge is -2.10. The number of carboxylic acids is 1. The number of nitrogens with zero attached hydrogens (tertiary/aromatic N) is 1. The van der Waals surface area contributed by atoms with Crippen molar-refractivity contribution in [3.63, 3.8) is 0 Å². The van der Waals surface area contributed by atoms with Gasteiger partial charge in [0.2, 0.25) is 0 Å². The minimum absolute atomic E-state index is 0.0895. The Morgan fingerprint density at radius 1 is 1.29 bits per heavy atom. The molecular formula is C10H17NO6. The van der Waals surface area contributed by atoms with Gasteiger partial charge in [0.05, 0.1) is 19.7 Å². The highest BCUT2D eigenvalue weighted by Gasteiger charge is 2.14. The van der Waals surface area contributed by atoms with Crippen LogP contribution in [0.5, 0.6) is 0 Å². The zero-order chi connectivity index (χ0) is 12.5. The summed E-state index contributed by atoms with van der Waals surface area (Å²) in [5.41, 5.74) is 0. The SMILES string of the molecule is O=C(O)CCCCC(=O)OCCN1CCOO1. The van der Waals surface area contributed by atoms with Gasteiger partial charge in [-0.25, -0.2) is 4.89 Å². The summed E-state index contributed by atoms with van der Waals surface area (Å²) >= 11 is 0. The van der Waals surface area contributed by atoms with E-state index in [0.29, 0.717) is 32.5 Å². The number of rotatable bonds is 8. The van der Waals surface area contributed by atoms with E-state index >= 15 is 0 Å². The zero-order valence-corrected chi connectivity index (χ0v) is 9.59. The molecule has 1 heterocycles. The first kappa shape index (κ1) is 13.9. The van der Waals surface area contributed by atoms with Crippen molar-refractivity contribution in [1.82, 2.24) is 5.06 Å². The van der Waals surface area contributed by atoms with Gasteiger partial charge in [-0.05, 0) is 12.8 Å². The number of carbonyl (C=O) groups excluding carboxylic acids is 1. The molecule has 0 aliphatic carbocycles. The highest BCUT2D eigenvalue weighted by molar-refractivity contribution is 5.69. The lowest BCUT2D eigenvalue weighted by atomic mass is 10.2. The first-order valence-electron chi connectivity index (χ1n) is 5.60. The van der Waals surface area contributed by atoms with Gasteiger partial charge in [-0.2, -0.15) is 5.06 Å². The van der Waals surface area contributed by atoms with E-state index in [2.05, 4.69) is 4.89 Å². The smallest absolute Gasteiger partial charge is 0.305 e. The summed E-state index contributed by atoms with van der Waals surface area (Å²) in [6.07, 6.45) is 1.37. The first-order chi connectivity index (χ1) is 8.18. The molecule has 7 heteroatoms. The van der Waals surface area contributed by atoms with Crippen molar-refractivity contribution in [2.75, 3.05) is 26.3 Å². The van der Waals surface area contributed by atoms with Crippen LogP contribution in [0.1, 0.15) is 25.7 Å². The van der Waals surface area contributed by atoms with E-state index in [4.69, 9.17) is 14.8 Å². The molecule has 1 saturated heterocycles.